The zero-order valence-corrected chi connectivity index (χ0v) is 9.13. The maximum atomic E-state index is 5.55. The number of pyridine rings is 1. The van der Waals surface area contributed by atoms with Crippen molar-refractivity contribution in [3.8, 4) is 5.88 Å². The second kappa shape index (κ2) is 3.26. The summed E-state index contributed by atoms with van der Waals surface area (Å²) in [6.07, 6.45) is 4.07. The van der Waals surface area contributed by atoms with Crippen molar-refractivity contribution in [1.82, 2.24) is 4.98 Å². The molecule has 0 aromatic carbocycles. The first-order chi connectivity index (χ1) is 6.59. The zero-order valence-electron chi connectivity index (χ0n) is 9.13. The first-order valence-corrected chi connectivity index (χ1v) is 5.20. The van der Waals surface area contributed by atoms with E-state index in [1.807, 2.05) is 6.20 Å². The number of ether oxygens (including phenoxy) is 1. The molecule has 2 heterocycles. The lowest BCUT2D eigenvalue weighted by atomic mass is 9.83. The number of aromatic nitrogens is 1. The maximum absolute atomic E-state index is 5.55. The van der Waals surface area contributed by atoms with E-state index < -0.39 is 0 Å². The molecule has 0 saturated carbocycles. The van der Waals surface area contributed by atoms with E-state index in [9.17, 15) is 0 Å². The summed E-state index contributed by atoms with van der Waals surface area (Å²) in [5.74, 6) is 0.851. The summed E-state index contributed by atoms with van der Waals surface area (Å²) in [7, 11) is 0. The van der Waals surface area contributed by atoms with Crippen molar-refractivity contribution in [2.75, 3.05) is 6.61 Å². The van der Waals surface area contributed by atoms with Crippen LogP contribution in [0, 0.1) is 0 Å². The molecule has 14 heavy (non-hydrogen) atoms. The molecule has 0 unspecified atom stereocenters. The summed E-state index contributed by atoms with van der Waals surface area (Å²) in [6, 6.07) is 2.12. The molecule has 1 aromatic rings. The number of rotatable bonds is 0. The van der Waals surface area contributed by atoms with Gasteiger partial charge < -0.3 is 4.74 Å². The van der Waals surface area contributed by atoms with Crippen LogP contribution >= 0.6 is 0 Å². The third-order valence-corrected chi connectivity index (χ3v) is 2.63. The number of nitrogens with zero attached hydrogens (tertiary/aromatic N) is 1. The average Bonchev–Trinajstić information content (AvgIpc) is 2.15. The molecule has 2 nitrogen and oxygen atoms in total. The molecule has 1 aliphatic rings. The highest BCUT2D eigenvalue weighted by Gasteiger charge is 2.22. The normalized spacial score (nSPS) is 15.9. The van der Waals surface area contributed by atoms with Gasteiger partial charge in [-0.15, -0.1) is 0 Å². The molecule has 1 aromatic heterocycles. The molecule has 0 amide bonds. The fourth-order valence-electron chi connectivity index (χ4n) is 1.96. The minimum absolute atomic E-state index is 0.188. The van der Waals surface area contributed by atoms with Crippen LogP contribution in [0.3, 0.4) is 0 Å². The highest BCUT2D eigenvalue weighted by atomic mass is 16.5. The van der Waals surface area contributed by atoms with Crippen LogP contribution in [0.5, 0.6) is 5.88 Å². The molecular formula is C12H17NO. The van der Waals surface area contributed by atoms with E-state index in [0.717, 1.165) is 25.3 Å². The van der Waals surface area contributed by atoms with Crippen molar-refractivity contribution in [3.63, 3.8) is 0 Å². The van der Waals surface area contributed by atoms with Crippen LogP contribution in [-0.4, -0.2) is 11.6 Å². The monoisotopic (exact) mass is 191 g/mol. The Labute approximate surface area is 85.3 Å². The number of hydrogen-bond acceptors (Lipinski definition) is 2. The van der Waals surface area contributed by atoms with E-state index in [0.29, 0.717) is 0 Å². The molecule has 76 valence electrons. The lowest BCUT2D eigenvalue weighted by Gasteiger charge is -2.26. The van der Waals surface area contributed by atoms with E-state index >= 15 is 0 Å². The van der Waals surface area contributed by atoms with E-state index in [-0.39, 0.29) is 5.41 Å². The van der Waals surface area contributed by atoms with Gasteiger partial charge >= 0.3 is 0 Å². The Morgan fingerprint density at radius 2 is 2.14 bits per heavy atom. The number of hydrogen-bond donors (Lipinski definition) is 0. The summed E-state index contributed by atoms with van der Waals surface area (Å²) >= 11 is 0. The first kappa shape index (κ1) is 9.50. The van der Waals surface area contributed by atoms with Crippen LogP contribution in [0.1, 0.15) is 38.3 Å². The Morgan fingerprint density at radius 3 is 2.86 bits per heavy atom. The predicted octanol–water partition coefficient (Wildman–Crippen LogP) is 2.70. The third kappa shape index (κ3) is 1.61. The molecule has 0 aliphatic carbocycles. The van der Waals surface area contributed by atoms with Crippen LogP contribution in [0.15, 0.2) is 12.3 Å². The molecule has 0 N–H and O–H groups in total. The van der Waals surface area contributed by atoms with Gasteiger partial charge in [-0.1, -0.05) is 20.8 Å². The topological polar surface area (TPSA) is 22.1 Å². The summed E-state index contributed by atoms with van der Waals surface area (Å²) in [4.78, 5) is 4.27. The van der Waals surface area contributed by atoms with Crippen LogP contribution in [0.25, 0.3) is 0 Å². The highest BCUT2D eigenvalue weighted by Crippen LogP contribution is 2.32. The third-order valence-electron chi connectivity index (χ3n) is 2.63. The van der Waals surface area contributed by atoms with Crippen molar-refractivity contribution in [2.24, 2.45) is 0 Å². The van der Waals surface area contributed by atoms with Gasteiger partial charge in [0.05, 0.1) is 6.61 Å². The fraction of sp³-hybridized carbons (Fsp3) is 0.583. The Hall–Kier alpha value is -1.05. The van der Waals surface area contributed by atoms with Gasteiger partial charge in [-0.2, -0.15) is 0 Å². The molecule has 0 atom stereocenters. The fourth-order valence-corrected chi connectivity index (χ4v) is 1.96. The number of fused-ring (bicyclic) bond motifs is 1. The van der Waals surface area contributed by atoms with Gasteiger partial charge in [0.2, 0.25) is 5.88 Å². The SMILES string of the molecule is CC(C)(C)c1ccnc2c1CCCO2. The Kier molecular flexibility index (Phi) is 2.22. The average molecular weight is 191 g/mol. The predicted molar refractivity (Wildman–Crippen MR) is 56.8 cm³/mol. The summed E-state index contributed by atoms with van der Waals surface area (Å²) < 4.78 is 5.55. The minimum atomic E-state index is 0.188. The largest absolute Gasteiger partial charge is 0.477 e. The molecular weight excluding hydrogens is 174 g/mol. The van der Waals surface area contributed by atoms with Crippen molar-refractivity contribution < 1.29 is 4.74 Å². The van der Waals surface area contributed by atoms with Gasteiger partial charge in [0, 0.05) is 11.8 Å². The van der Waals surface area contributed by atoms with Gasteiger partial charge in [0.1, 0.15) is 0 Å². The van der Waals surface area contributed by atoms with Crippen molar-refractivity contribution in [2.45, 2.75) is 39.0 Å². The van der Waals surface area contributed by atoms with Crippen molar-refractivity contribution >= 4 is 0 Å². The van der Waals surface area contributed by atoms with Crippen LogP contribution in [0.4, 0.5) is 0 Å². The van der Waals surface area contributed by atoms with Crippen molar-refractivity contribution in [3.05, 3.63) is 23.4 Å². The lowest BCUT2D eigenvalue weighted by Crippen LogP contribution is -2.19. The maximum Gasteiger partial charge on any atom is 0.216 e. The van der Waals surface area contributed by atoms with E-state index in [1.54, 1.807) is 0 Å². The molecule has 2 rings (SSSR count). The first-order valence-electron chi connectivity index (χ1n) is 5.20. The summed E-state index contributed by atoms with van der Waals surface area (Å²) in [5, 5.41) is 0. The molecule has 0 radical (unpaired) electrons. The minimum Gasteiger partial charge on any atom is -0.477 e. The second-order valence-electron chi connectivity index (χ2n) is 4.84. The Bertz CT molecular complexity index is 339. The highest BCUT2D eigenvalue weighted by molar-refractivity contribution is 5.39. The molecule has 0 spiro atoms. The molecule has 0 bridgehead atoms. The summed E-state index contributed by atoms with van der Waals surface area (Å²) in [5.41, 5.74) is 2.88. The van der Waals surface area contributed by atoms with Crippen LogP contribution < -0.4 is 4.74 Å². The zero-order chi connectivity index (χ0) is 10.2. The van der Waals surface area contributed by atoms with Gasteiger partial charge in [-0.3, -0.25) is 0 Å². The van der Waals surface area contributed by atoms with Gasteiger partial charge in [0.25, 0.3) is 0 Å². The summed E-state index contributed by atoms with van der Waals surface area (Å²) in [6.45, 7) is 7.51. The van der Waals surface area contributed by atoms with Gasteiger partial charge in [-0.25, -0.2) is 4.98 Å². The molecule has 2 heteroatoms. The quantitative estimate of drug-likeness (QED) is 0.629. The van der Waals surface area contributed by atoms with E-state index in [4.69, 9.17) is 4.74 Å². The second-order valence-corrected chi connectivity index (χ2v) is 4.84. The molecule has 1 aliphatic heterocycles. The van der Waals surface area contributed by atoms with Crippen LogP contribution in [0.2, 0.25) is 0 Å². The Morgan fingerprint density at radius 1 is 1.36 bits per heavy atom. The Balaban J connectivity index is 2.51. The smallest absolute Gasteiger partial charge is 0.216 e. The van der Waals surface area contributed by atoms with Crippen molar-refractivity contribution in [1.29, 1.82) is 0 Å². The van der Waals surface area contributed by atoms with Gasteiger partial charge in [0.15, 0.2) is 0 Å². The standard InChI is InChI=1S/C12H17NO/c1-12(2,3)10-6-7-13-11-9(10)5-4-8-14-11/h6-7H,4-5,8H2,1-3H3. The lowest BCUT2D eigenvalue weighted by molar-refractivity contribution is 0.274. The van der Waals surface area contributed by atoms with Crippen LogP contribution in [-0.2, 0) is 11.8 Å². The molecule has 0 saturated heterocycles. The molecule has 0 fully saturated rings. The van der Waals surface area contributed by atoms with E-state index in [1.165, 1.54) is 11.1 Å². The van der Waals surface area contributed by atoms with Gasteiger partial charge in [-0.05, 0) is 29.9 Å². The van der Waals surface area contributed by atoms with E-state index in [2.05, 4.69) is 31.8 Å².